The summed E-state index contributed by atoms with van der Waals surface area (Å²) >= 11 is 0. The number of phenolic OH excluding ortho intramolecular Hbond substituents is 2. The Kier molecular flexibility index (Phi) is 3.86. The molecule has 17 heavy (non-hydrogen) atoms. The minimum absolute atomic E-state index is 0.0807. The van der Waals surface area contributed by atoms with Gasteiger partial charge < -0.3 is 20.3 Å². The molecule has 1 heterocycles. The molecule has 1 aliphatic rings. The molecule has 2 atom stereocenters. The third-order valence-electron chi connectivity index (χ3n) is 3.10. The van der Waals surface area contributed by atoms with Crippen molar-refractivity contribution in [1.82, 2.24) is 5.32 Å². The standard InChI is InChI=1S/C13H19NO3/c1-9(14-8-13-3-2-4-17-13)10-5-11(15)7-12(16)6-10/h5-7,9,13-16H,2-4,8H2,1H3. The van der Waals surface area contributed by atoms with Crippen LogP contribution in [0.4, 0.5) is 0 Å². The third-order valence-corrected chi connectivity index (χ3v) is 3.10. The highest BCUT2D eigenvalue weighted by atomic mass is 16.5. The molecule has 2 unspecified atom stereocenters. The predicted molar refractivity (Wildman–Crippen MR) is 65.2 cm³/mol. The zero-order valence-corrected chi connectivity index (χ0v) is 10.0. The Labute approximate surface area is 101 Å². The van der Waals surface area contributed by atoms with Crippen LogP contribution in [0.25, 0.3) is 0 Å². The number of phenols is 2. The summed E-state index contributed by atoms with van der Waals surface area (Å²) in [6.45, 7) is 3.66. The van der Waals surface area contributed by atoms with E-state index in [1.54, 1.807) is 12.1 Å². The van der Waals surface area contributed by atoms with E-state index >= 15 is 0 Å². The maximum Gasteiger partial charge on any atom is 0.119 e. The highest BCUT2D eigenvalue weighted by Gasteiger charge is 2.16. The van der Waals surface area contributed by atoms with Gasteiger partial charge in [-0.3, -0.25) is 0 Å². The third kappa shape index (κ3) is 3.35. The molecule has 0 amide bonds. The van der Waals surface area contributed by atoms with Crippen molar-refractivity contribution in [2.75, 3.05) is 13.2 Å². The van der Waals surface area contributed by atoms with Crippen LogP contribution in [0.2, 0.25) is 0 Å². The molecule has 94 valence electrons. The van der Waals surface area contributed by atoms with E-state index in [1.165, 1.54) is 6.07 Å². The Bertz CT molecular complexity index is 355. The van der Waals surface area contributed by atoms with E-state index in [2.05, 4.69) is 5.32 Å². The van der Waals surface area contributed by atoms with E-state index in [0.29, 0.717) is 6.10 Å². The number of nitrogens with one attached hydrogen (secondary N) is 1. The van der Waals surface area contributed by atoms with Crippen molar-refractivity contribution < 1.29 is 14.9 Å². The molecule has 0 aliphatic carbocycles. The summed E-state index contributed by atoms with van der Waals surface area (Å²) in [5.74, 6) is 0.177. The quantitative estimate of drug-likeness (QED) is 0.748. The molecule has 0 aromatic heterocycles. The van der Waals surface area contributed by atoms with Crippen LogP contribution in [0.15, 0.2) is 18.2 Å². The summed E-state index contributed by atoms with van der Waals surface area (Å²) in [7, 11) is 0. The first-order valence-electron chi connectivity index (χ1n) is 6.03. The number of ether oxygens (including phenoxy) is 1. The topological polar surface area (TPSA) is 61.7 Å². The second-order valence-corrected chi connectivity index (χ2v) is 4.55. The van der Waals surface area contributed by atoms with Crippen LogP contribution in [0.3, 0.4) is 0 Å². The van der Waals surface area contributed by atoms with Gasteiger partial charge in [-0.1, -0.05) is 0 Å². The van der Waals surface area contributed by atoms with Crippen LogP contribution < -0.4 is 5.32 Å². The molecule has 3 N–H and O–H groups in total. The Morgan fingerprint density at radius 1 is 1.35 bits per heavy atom. The molecule has 4 heteroatoms. The van der Waals surface area contributed by atoms with Crippen molar-refractivity contribution in [3.63, 3.8) is 0 Å². The zero-order chi connectivity index (χ0) is 12.3. The molecule has 1 fully saturated rings. The van der Waals surface area contributed by atoms with Gasteiger partial charge in [0.15, 0.2) is 0 Å². The molecular weight excluding hydrogens is 218 g/mol. The number of hydrogen-bond donors (Lipinski definition) is 3. The molecule has 0 spiro atoms. The molecule has 4 nitrogen and oxygen atoms in total. The Hall–Kier alpha value is -1.26. The van der Waals surface area contributed by atoms with Gasteiger partial charge in [-0.05, 0) is 37.5 Å². The van der Waals surface area contributed by atoms with Crippen LogP contribution in [0.5, 0.6) is 11.5 Å². The lowest BCUT2D eigenvalue weighted by Crippen LogP contribution is -2.28. The minimum Gasteiger partial charge on any atom is -0.508 e. The van der Waals surface area contributed by atoms with E-state index in [-0.39, 0.29) is 17.5 Å². The average molecular weight is 237 g/mol. The minimum atomic E-state index is 0.0807. The lowest BCUT2D eigenvalue weighted by atomic mass is 10.1. The van der Waals surface area contributed by atoms with Crippen molar-refractivity contribution in [2.45, 2.75) is 31.9 Å². The molecule has 0 saturated carbocycles. The van der Waals surface area contributed by atoms with E-state index < -0.39 is 0 Å². The van der Waals surface area contributed by atoms with Gasteiger partial charge in [0, 0.05) is 25.3 Å². The predicted octanol–water partition coefficient (Wildman–Crippen LogP) is 1.93. The van der Waals surface area contributed by atoms with Crippen molar-refractivity contribution >= 4 is 0 Å². The van der Waals surface area contributed by atoms with Gasteiger partial charge in [0.05, 0.1) is 6.10 Å². The fourth-order valence-corrected chi connectivity index (χ4v) is 2.10. The molecule has 1 aromatic rings. The van der Waals surface area contributed by atoms with Gasteiger partial charge in [0.25, 0.3) is 0 Å². The Morgan fingerprint density at radius 3 is 2.65 bits per heavy atom. The zero-order valence-electron chi connectivity index (χ0n) is 10.0. The van der Waals surface area contributed by atoms with Gasteiger partial charge >= 0.3 is 0 Å². The van der Waals surface area contributed by atoms with E-state index in [1.807, 2.05) is 6.92 Å². The SMILES string of the molecule is CC(NCC1CCCO1)c1cc(O)cc(O)c1. The normalized spacial score (nSPS) is 21.6. The Balaban J connectivity index is 1.91. The highest BCUT2D eigenvalue weighted by molar-refractivity contribution is 5.37. The maximum atomic E-state index is 9.41. The summed E-state index contributed by atoms with van der Waals surface area (Å²) < 4.78 is 5.53. The highest BCUT2D eigenvalue weighted by Crippen LogP contribution is 2.24. The van der Waals surface area contributed by atoms with Gasteiger partial charge in [0.1, 0.15) is 11.5 Å². The summed E-state index contributed by atoms with van der Waals surface area (Å²) in [5, 5.41) is 22.2. The maximum absolute atomic E-state index is 9.41. The average Bonchev–Trinajstić information content (AvgIpc) is 2.77. The molecule has 0 radical (unpaired) electrons. The molecule has 1 aliphatic heterocycles. The summed E-state index contributed by atoms with van der Waals surface area (Å²) in [6, 6.07) is 4.73. The molecule has 0 bridgehead atoms. The lowest BCUT2D eigenvalue weighted by molar-refractivity contribution is 0.108. The molecular formula is C13H19NO3. The summed E-state index contributed by atoms with van der Waals surface area (Å²) in [4.78, 5) is 0. The van der Waals surface area contributed by atoms with Crippen LogP contribution in [0, 0.1) is 0 Å². The lowest BCUT2D eigenvalue weighted by Gasteiger charge is -2.17. The van der Waals surface area contributed by atoms with E-state index in [4.69, 9.17) is 4.74 Å². The monoisotopic (exact) mass is 237 g/mol. The molecule has 1 saturated heterocycles. The van der Waals surface area contributed by atoms with E-state index in [0.717, 1.165) is 31.6 Å². The van der Waals surface area contributed by atoms with Crippen molar-refractivity contribution in [3.05, 3.63) is 23.8 Å². The fraction of sp³-hybridized carbons (Fsp3) is 0.538. The number of aromatic hydroxyl groups is 2. The second-order valence-electron chi connectivity index (χ2n) is 4.55. The van der Waals surface area contributed by atoms with Crippen LogP contribution in [-0.2, 0) is 4.74 Å². The Morgan fingerprint density at radius 2 is 2.06 bits per heavy atom. The number of hydrogen-bond acceptors (Lipinski definition) is 4. The van der Waals surface area contributed by atoms with Crippen LogP contribution in [-0.4, -0.2) is 29.5 Å². The molecule has 2 rings (SSSR count). The van der Waals surface area contributed by atoms with Gasteiger partial charge in [-0.25, -0.2) is 0 Å². The largest absolute Gasteiger partial charge is 0.508 e. The van der Waals surface area contributed by atoms with Crippen molar-refractivity contribution in [2.24, 2.45) is 0 Å². The smallest absolute Gasteiger partial charge is 0.119 e. The second kappa shape index (κ2) is 5.38. The van der Waals surface area contributed by atoms with Crippen LogP contribution >= 0.6 is 0 Å². The van der Waals surface area contributed by atoms with Gasteiger partial charge in [0.2, 0.25) is 0 Å². The van der Waals surface area contributed by atoms with Gasteiger partial charge in [-0.15, -0.1) is 0 Å². The molecule has 1 aromatic carbocycles. The summed E-state index contributed by atoms with van der Waals surface area (Å²) in [6.07, 6.45) is 2.53. The first kappa shape index (κ1) is 12.2. The van der Waals surface area contributed by atoms with Gasteiger partial charge in [-0.2, -0.15) is 0 Å². The summed E-state index contributed by atoms with van der Waals surface area (Å²) in [5.41, 5.74) is 0.875. The van der Waals surface area contributed by atoms with E-state index in [9.17, 15) is 10.2 Å². The fourth-order valence-electron chi connectivity index (χ4n) is 2.10. The first-order valence-corrected chi connectivity index (χ1v) is 6.03. The first-order chi connectivity index (χ1) is 8.15. The van der Waals surface area contributed by atoms with Crippen LogP contribution in [0.1, 0.15) is 31.4 Å². The number of rotatable bonds is 4. The number of benzene rings is 1. The van der Waals surface area contributed by atoms with Crippen molar-refractivity contribution in [1.29, 1.82) is 0 Å². The van der Waals surface area contributed by atoms with Crippen molar-refractivity contribution in [3.8, 4) is 11.5 Å².